The second kappa shape index (κ2) is 7.36. The van der Waals surface area contributed by atoms with E-state index in [0.29, 0.717) is 26.1 Å². The fourth-order valence-corrected chi connectivity index (χ4v) is 4.55. The highest BCUT2D eigenvalue weighted by atomic mass is 32.2. The largest absolute Gasteiger partial charge is 0.300 e. The van der Waals surface area contributed by atoms with E-state index in [1.54, 1.807) is 4.31 Å². The fourth-order valence-electron chi connectivity index (χ4n) is 2.69. The maximum atomic E-state index is 12.6. The summed E-state index contributed by atoms with van der Waals surface area (Å²) in [6.45, 7) is 6.71. The van der Waals surface area contributed by atoms with Gasteiger partial charge in [0, 0.05) is 32.1 Å². The Kier molecular flexibility index (Phi) is 6.42. The zero-order chi connectivity index (χ0) is 14.5. The van der Waals surface area contributed by atoms with Crippen LogP contribution in [0.15, 0.2) is 0 Å². The van der Waals surface area contributed by atoms with Crippen LogP contribution in [0.2, 0.25) is 0 Å². The van der Waals surface area contributed by atoms with E-state index in [4.69, 9.17) is 0 Å². The second-order valence-corrected chi connectivity index (χ2v) is 6.99. The van der Waals surface area contributed by atoms with Gasteiger partial charge in [-0.25, -0.2) is 0 Å². The number of carbonyl (C=O) groups excluding carboxylic acids is 1. The molecule has 6 heteroatoms. The first-order valence-electron chi connectivity index (χ1n) is 7.19. The molecule has 1 atom stereocenters. The molecule has 19 heavy (non-hydrogen) atoms. The minimum absolute atomic E-state index is 0.0617. The van der Waals surface area contributed by atoms with E-state index < -0.39 is 10.2 Å². The molecule has 1 fully saturated rings. The first-order valence-corrected chi connectivity index (χ1v) is 8.59. The second-order valence-electron chi connectivity index (χ2n) is 5.11. The molecule has 1 aliphatic heterocycles. The average molecular weight is 290 g/mol. The van der Waals surface area contributed by atoms with Gasteiger partial charge in [0.05, 0.1) is 0 Å². The summed E-state index contributed by atoms with van der Waals surface area (Å²) in [5.74, 6) is 0.0617. The van der Waals surface area contributed by atoms with Gasteiger partial charge in [0.2, 0.25) is 0 Å². The molecule has 0 amide bonds. The molecule has 0 saturated carbocycles. The van der Waals surface area contributed by atoms with Gasteiger partial charge in [0.25, 0.3) is 10.2 Å². The van der Waals surface area contributed by atoms with Crippen molar-refractivity contribution >= 4 is 16.0 Å². The highest BCUT2D eigenvalue weighted by Crippen LogP contribution is 2.24. The van der Waals surface area contributed by atoms with Crippen LogP contribution in [0.5, 0.6) is 0 Å². The zero-order valence-electron chi connectivity index (χ0n) is 12.3. The quantitative estimate of drug-likeness (QED) is 0.749. The molecule has 0 radical (unpaired) electrons. The van der Waals surface area contributed by atoms with Crippen LogP contribution in [0.4, 0.5) is 0 Å². The molecule has 0 aromatic carbocycles. The SMILES string of the molecule is CCN(CC)S(=O)(=O)N1CCCCCC1CC(C)=O. The summed E-state index contributed by atoms with van der Waals surface area (Å²) in [5.41, 5.74) is 0. The number of rotatable bonds is 6. The lowest BCUT2D eigenvalue weighted by atomic mass is 10.1. The Hall–Kier alpha value is -0.460. The highest BCUT2D eigenvalue weighted by Gasteiger charge is 2.34. The number of ketones is 1. The summed E-state index contributed by atoms with van der Waals surface area (Å²) >= 11 is 0. The van der Waals surface area contributed by atoms with Gasteiger partial charge in [0.1, 0.15) is 5.78 Å². The summed E-state index contributed by atoms with van der Waals surface area (Å²) < 4.78 is 28.3. The smallest absolute Gasteiger partial charge is 0.282 e. The Balaban J connectivity index is 2.98. The van der Waals surface area contributed by atoms with E-state index >= 15 is 0 Å². The van der Waals surface area contributed by atoms with Crippen LogP contribution < -0.4 is 0 Å². The minimum Gasteiger partial charge on any atom is -0.300 e. The van der Waals surface area contributed by atoms with Crippen molar-refractivity contribution in [2.24, 2.45) is 0 Å². The van der Waals surface area contributed by atoms with E-state index in [2.05, 4.69) is 0 Å². The van der Waals surface area contributed by atoms with Crippen molar-refractivity contribution < 1.29 is 13.2 Å². The molecule has 1 unspecified atom stereocenters. The maximum absolute atomic E-state index is 12.6. The van der Waals surface area contributed by atoms with Crippen LogP contribution in [-0.4, -0.2) is 48.5 Å². The number of carbonyl (C=O) groups is 1. The number of nitrogens with zero attached hydrogens (tertiary/aromatic N) is 2. The molecule has 0 bridgehead atoms. The van der Waals surface area contributed by atoms with Crippen molar-refractivity contribution in [1.82, 2.24) is 8.61 Å². The predicted octanol–water partition coefficient (Wildman–Crippen LogP) is 1.80. The first kappa shape index (κ1) is 16.6. The maximum Gasteiger partial charge on any atom is 0.282 e. The average Bonchev–Trinajstić information content (AvgIpc) is 2.55. The first-order chi connectivity index (χ1) is 8.93. The molecule has 112 valence electrons. The molecule has 0 spiro atoms. The molecule has 0 aliphatic carbocycles. The van der Waals surface area contributed by atoms with Gasteiger partial charge in [-0.3, -0.25) is 4.79 Å². The van der Waals surface area contributed by atoms with Crippen LogP contribution in [-0.2, 0) is 15.0 Å². The fraction of sp³-hybridized carbons (Fsp3) is 0.923. The van der Waals surface area contributed by atoms with Crippen LogP contribution in [0.3, 0.4) is 0 Å². The Morgan fingerprint density at radius 2 is 1.84 bits per heavy atom. The van der Waals surface area contributed by atoms with E-state index in [1.807, 2.05) is 13.8 Å². The molecular formula is C13H26N2O3S. The minimum atomic E-state index is -3.43. The van der Waals surface area contributed by atoms with Crippen molar-refractivity contribution in [3.63, 3.8) is 0 Å². The third-order valence-electron chi connectivity index (χ3n) is 3.67. The van der Waals surface area contributed by atoms with E-state index in [0.717, 1.165) is 25.7 Å². The number of Topliss-reactive ketones (excluding diaryl/α,β-unsaturated/α-hetero) is 1. The van der Waals surface area contributed by atoms with Crippen molar-refractivity contribution in [3.8, 4) is 0 Å². The molecule has 1 rings (SSSR count). The summed E-state index contributed by atoms with van der Waals surface area (Å²) in [5, 5.41) is 0. The van der Waals surface area contributed by atoms with Crippen molar-refractivity contribution in [2.75, 3.05) is 19.6 Å². The van der Waals surface area contributed by atoms with E-state index in [1.165, 1.54) is 11.2 Å². The molecule has 1 saturated heterocycles. The Labute approximate surface area is 117 Å². The Morgan fingerprint density at radius 1 is 1.21 bits per heavy atom. The van der Waals surface area contributed by atoms with E-state index in [9.17, 15) is 13.2 Å². The molecule has 5 nitrogen and oxygen atoms in total. The molecule has 1 aliphatic rings. The third-order valence-corrected chi connectivity index (χ3v) is 5.92. The van der Waals surface area contributed by atoms with Crippen molar-refractivity contribution in [3.05, 3.63) is 0 Å². The van der Waals surface area contributed by atoms with Crippen molar-refractivity contribution in [1.29, 1.82) is 0 Å². The predicted molar refractivity (Wildman–Crippen MR) is 76.1 cm³/mol. The lowest BCUT2D eigenvalue weighted by Gasteiger charge is -2.33. The van der Waals surface area contributed by atoms with Crippen LogP contribution in [0.25, 0.3) is 0 Å². The molecule has 0 aromatic heterocycles. The highest BCUT2D eigenvalue weighted by molar-refractivity contribution is 7.86. The van der Waals surface area contributed by atoms with Gasteiger partial charge in [-0.2, -0.15) is 17.0 Å². The Morgan fingerprint density at radius 3 is 2.37 bits per heavy atom. The van der Waals surface area contributed by atoms with Gasteiger partial charge in [-0.1, -0.05) is 26.7 Å². The summed E-state index contributed by atoms with van der Waals surface area (Å²) in [4.78, 5) is 11.4. The zero-order valence-corrected chi connectivity index (χ0v) is 13.1. The summed E-state index contributed by atoms with van der Waals surface area (Å²) in [7, 11) is -3.43. The Bertz CT molecular complexity index is 391. The summed E-state index contributed by atoms with van der Waals surface area (Å²) in [6.07, 6.45) is 4.05. The van der Waals surface area contributed by atoms with Gasteiger partial charge in [0.15, 0.2) is 0 Å². The summed E-state index contributed by atoms with van der Waals surface area (Å²) in [6, 6.07) is -0.161. The normalized spacial score (nSPS) is 22.4. The molecule has 0 aromatic rings. The molecular weight excluding hydrogens is 264 g/mol. The van der Waals surface area contributed by atoms with Gasteiger partial charge < -0.3 is 0 Å². The third kappa shape index (κ3) is 4.26. The monoisotopic (exact) mass is 290 g/mol. The van der Waals surface area contributed by atoms with Gasteiger partial charge >= 0.3 is 0 Å². The number of hydrogen-bond acceptors (Lipinski definition) is 3. The molecule has 1 heterocycles. The topological polar surface area (TPSA) is 57.7 Å². The lowest BCUT2D eigenvalue weighted by Crippen LogP contribution is -2.48. The number of hydrogen-bond donors (Lipinski definition) is 0. The lowest BCUT2D eigenvalue weighted by molar-refractivity contribution is -0.117. The van der Waals surface area contributed by atoms with Crippen LogP contribution >= 0.6 is 0 Å². The van der Waals surface area contributed by atoms with Crippen molar-refractivity contribution in [2.45, 2.75) is 58.9 Å². The van der Waals surface area contributed by atoms with Gasteiger partial charge in [-0.15, -0.1) is 0 Å². The molecule has 0 N–H and O–H groups in total. The van der Waals surface area contributed by atoms with E-state index in [-0.39, 0.29) is 11.8 Å². The standard InChI is InChI=1S/C13H26N2O3S/c1-4-14(5-2)19(17,18)15-10-8-6-7-9-13(15)11-12(3)16/h13H,4-11H2,1-3H3. The van der Waals surface area contributed by atoms with Crippen LogP contribution in [0, 0.1) is 0 Å². The van der Waals surface area contributed by atoms with Crippen LogP contribution in [0.1, 0.15) is 52.9 Å². The van der Waals surface area contributed by atoms with Gasteiger partial charge in [-0.05, 0) is 19.8 Å².